The molecule has 20 heavy (non-hydrogen) atoms. The molecule has 1 amide bonds. The molecule has 0 unspecified atom stereocenters. The minimum Gasteiger partial charge on any atom is -0.461 e. The highest BCUT2D eigenvalue weighted by Gasteiger charge is 2.33. The summed E-state index contributed by atoms with van der Waals surface area (Å²) in [5, 5.41) is 10.1. The van der Waals surface area contributed by atoms with Crippen LogP contribution in [-0.4, -0.2) is 34.8 Å². The number of aliphatic hydroxyl groups is 1. The van der Waals surface area contributed by atoms with Crippen LogP contribution in [0.5, 0.6) is 0 Å². The Kier molecular flexibility index (Phi) is 4.04. The minimum absolute atomic E-state index is 0.108. The number of ether oxygens (including phenoxy) is 1. The number of aromatic nitrogens is 1. The molecular formula is C14H18N2O4. The number of carbonyl (C=O) groups excluding carboxylic acids is 2. The summed E-state index contributed by atoms with van der Waals surface area (Å²) < 4.78 is 4.91. The Balaban J connectivity index is 2.41. The molecule has 0 bridgehead atoms. The van der Waals surface area contributed by atoms with Crippen LogP contribution in [0.25, 0.3) is 0 Å². The maximum Gasteiger partial charge on any atom is 0.356 e. The third-order valence-corrected chi connectivity index (χ3v) is 3.36. The maximum atomic E-state index is 11.7. The molecule has 2 rings (SSSR count). The fourth-order valence-electron chi connectivity index (χ4n) is 2.39. The van der Waals surface area contributed by atoms with Gasteiger partial charge in [0.2, 0.25) is 5.91 Å². The van der Waals surface area contributed by atoms with Crippen molar-refractivity contribution < 1.29 is 19.4 Å². The van der Waals surface area contributed by atoms with E-state index in [1.807, 2.05) is 6.92 Å². The standard InChI is InChI=1S/C14H18N2O4/c1-4-20-14(19)11-6-10-5-8(2)13(18)16(9(3)17)12(10)7-15-11/h6-8,13,18H,4-5H2,1-3H3/t8-,13+/m1/s1. The van der Waals surface area contributed by atoms with Crippen LogP contribution >= 0.6 is 0 Å². The highest BCUT2D eigenvalue weighted by atomic mass is 16.5. The van der Waals surface area contributed by atoms with Crippen molar-refractivity contribution in [2.45, 2.75) is 33.4 Å². The zero-order valence-corrected chi connectivity index (χ0v) is 11.8. The van der Waals surface area contributed by atoms with Gasteiger partial charge in [-0.15, -0.1) is 0 Å². The lowest BCUT2D eigenvalue weighted by atomic mass is 9.92. The molecule has 1 N–H and O–H groups in total. The van der Waals surface area contributed by atoms with Crippen LogP contribution in [-0.2, 0) is 16.0 Å². The number of esters is 1. The molecule has 0 aromatic carbocycles. The second-order valence-corrected chi connectivity index (χ2v) is 4.90. The van der Waals surface area contributed by atoms with Crippen LogP contribution < -0.4 is 4.90 Å². The minimum atomic E-state index is -0.866. The third-order valence-electron chi connectivity index (χ3n) is 3.36. The van der Waals surface area contributed by atoms with Crippen LogP contribution in [0.1, 0.15) is 36.8 Å². The Labute approximate surface area is 117 Å². The number of aliphatic hydroxyl groups excluding tert-OH is 1. The lowest BCUT2D eigenvalue weighted by molar-refractivity contribution is -0.119. The second kappa shape index (κ2) is 5.58. The number of fused-ring (bicyclic) bond motifs is 1. The van der Waals surface area contributed by atoms with Gasteiger partial charge >= 0.3 is 5.97 Å². The van der Waals surface area contributed by atoms with Crippen LogP contribution in [0.2, 0.25) is 0 Å². The van der Waals surface area contributed by atoms with E-state index in [4.69, 9.17) is 4.74 Å². The number of hydrogen-bond acceptors (Lipinski definition) is 5. The highest BCUT2D eigenvalue weighted by molar-refractivity contribution is 5.94. The first-order valence-corrected chi connectivity index (χ1v) is 6.59. The fourth-order valence-corrected chi connectivity index (χ4v) is 2.39. The zero-order valence-electron chi connectivity index (χ0n) is 11.8. The molecule has 1 aliphatic rings. The molecule has 2 atom stereocenters. The quantitative estimate of drug-likeness (QED) is 0.820. The summed E-state index contributed by atoms with van der Waals surface area (Å²) >= 11 is 0. The van der Waals surface area contributed by atoms with Crippen LogP contribution in [0.4, 0.5) is 5.69 Å². The zero-order chi connectivity index (χ0) is 14.9. The molecule has 1 aromatic heterocycles. The summed E-state index contributed by atoms with van der Waals surface area (Å²) in [5.41, 5.74) is 1.59. The van der Waals surface area contributed by atoms with E-state index < -0.39 is 12.2 Å². The van der Waals surface area contributed by atoms with Gasteiger partial charge in [-0.1, -0.05) is 6.92 Å². The van der Waals surface area contributed by atoms with Gasteiger partial charge in [0.05, 0.1) is 18.5 Å². The third kappa shape index (κ3) is 2.51. The molecule has 6 nitrogen and oxygen atoms in total. The molecule has 0 fully saturated rings. The second-order valence-electron chi connectivity index (χ2n) is 4.90. The smallest absolute Gasteiger partial charge is 0.356 e. The van der Waals surface area contributed by atoms with E-state index >= 15 is 0 Å². The van der Waals surface area contributed by atoms with E-state index in [1.54, 1.807) is 13.0 Å². The molecule has 2 heterocycles. The number of rotatable bonds is 2. The monoisotopic (exact) mass is 278 g/mol. The molecule has 0 saturated heterocycles. The van der Waals surface area contributed by atoms with E-state index in [1.165, 1.54) is 18.0 Å². The first-order chi connectivity index (χ1) is 9.45. The molecule has 0 spiro atoms. The van der Waals surface area contributed by atoms with Gasteiger partial charge in [0.1, 0.15) is 11.9 Å². The van der Waals surface area contributed by atoms with Crippen LogP contribution in [0.15, 0.2) is 12.3 Å². The van der Waals surface area contributed by atoms with Crippen molar-refractivity contribution in [3.63, 3.8) is 0 Å². The van der Waals surface area contributed by atoms with E-state index in [2.05, 4.69) is 4.98 Å². The van der Waals surface area contributed by atoms with Gasteiger partial charge in [0.25, 0.3) is 0 Å². The Hall–Kier alpha value is -1.95. The largest absolute Gasteiger partial charge is 0.461 e. The first kappa shape index (κ1) is 14.5. The van der Waals surface area contributed by atoms with Crippen molar-refractivity contribution in [3.8, 4) is 0 Å². The number of pyridine rings is 1. The topological polar surface area (TPSA) is 79.7 Å². The van der Waals surface area contributed by atoms with Gasteiger partial charge in [0.15, 0.2) is 0 Å². The summed E-state index contributed by atoms with van der Waals surface area (Å²) in [6.45, 7) is 5.26. The number of anilines is 1. The van der Waals surface area contributed by atoms with Crippen LogP contribution in [0, 0.1) is 5.92 Å². The average Bonchev–Trinajstić information content (AvgIpc) is 2.39. The van der Waals surface area contributed by atoms with Gasteiger partial charge in [-0.2, -0.15) is 0 Å². The SMILES string of the molecule is CCOC(=O)c1cc2c(cn1)N(C(C)=O)[C@@H](O)[C@H](C)C2. The number of amides is 1. The molecule has 0 aliphatic carbocycles. The number of nitrogens with zero attached hydrogens (tertiary/aromatic N) is 2. The molecular weight excluding hydrogens is 260 g/mol. The van der Waals surface area contributed by atoms with Gasteiger partial charge in [-0.05, 0) is 25.0 Å². The van der Waals surface area contributed by atoms with E-state index in [9.17, 15) is 14.7 Å². The molecule has 1 aromatic rings. The van der Waals surface area contributed by atoms with E-state index in [0.29, 0.717) is 12.1 Å². The average molecular weight is 278 g/mol. The van der Waals surface area contributed by atoms with Gasteiger partial charge in [-0.25, -0.2) is 9.78 Å². The summed E-state index contributed by atoms with van der Waals surface area (Å²) in [6.07, 6.45) is 1.16. The summed E-state index contributed by atoms with van der Waals surface area (Å²) in [5.74, 6) is -0.844. The van der Waals surface area contributed by atoms with E-state index in [-0.39, 0.29) is 24.1 Å². The molecule has 1 aliphatic heterocycles. The molecule has 108 valence electrons. The highest BCUT2D eigenvalue weighted by Crippen LogP contribution is 2.32. The fraction of sp³-hybridized carbons (Fsp3) is 0.500. The van der Waals surface area contributed by atoms with Crippen molar-refractivity contribution in [2.24, 2.45) is 5.92 Å². The summed E-state index contributed by atoms with van der Waals surface area (Å²) in [7, 11) is 0. The number of carbonyl (C=O) groups is 2. The summed E-state index contributed by atoms with van der Waals surface area (Å²) in [6, 6.07) is 1.63. The van der Waals surface area contributed by atoms with Crippen molar-refractivity contribution in [2.75, 3.05) is 11.5 Å². The van der Waals surface area contributed by atoms with Crippen molar-refractivity contribution in [1.29, 1.82) is 0 Å². The van der Waals surface area contributed by atoms with Crippen LogP contribution in [0.3, 0.4) is 0 Å². The maximum absolute atomic E-state index is 11.7. The molecule has 0 saturated carbocycles. The summed E-state index contributed by atoms with van der Waals surface area (Å²) in [4.78, 5) is 28.7. The normalized spacial score (nSPS) is 21.3. The van der Waals surface area contributed by atoms with E-state index in [0.717, 1.165) is 5.56 Å². The molecule has 6 heteroatoms. The van der Waals surface area contributed by atoms with Crippen molar-refractivity contribution in [1.82, 2.24) is 4.98 Å². The molecule has 0 radical (unpaired) electrons. The predicted octanol–water partition coefficient (Wildman–Crippen LogP) is 1.12. The van der Waals surface area contributed by atoms with Crippen molar-refractivity contribution in [3.05, 3.63) is 23.5 Å². The van der Waals surface area contributed by atoms with Gasteiger partial charge < -0.3 is 9.84 Å². The Morgan fingerprint density at radius 3 is 2.85 bits per heavy atom. The predicted molar refractivity (Wildman–Crippen MR) is 72.2 cm³/mol. The number of hydrogen-bond donors (Lipinski definition) is 1. The first-order valence-electron chi connectivity index (χ1n) is 6.59. The van der Waals surface area contributed by atoms with Crippen molar-refractivity contribution >= 4 is 17.6 Å². The Bertz CT molecular complexity index is 544. The lowest BCUT2D eigenvalue weighted by Gasteiger charge is -2.37. The Morgan fingerprint density at radius 2 is 2.25 bits per heavy atom. The van der Waals surface area contributed by atoms with Gasteiger partial charge in [-0.3, -0.25) is 9.69 Å². The van der Waals surface area contributed by atoms with Gasteiger partial charge in [0, 0.05) is 12.8 Å². The lowest BCUT2D eigenvalue weighted by Crippen LogP contribution is -2.47. The Morgan fingerprint density at radius 1 is 1.55 bits per heavy atom.